The van der Waals surface area contributed by atoms with Gasteiger partial charge in [0.1, 0.15) is 11.4 Å². The van der Waals surface area contributed by atoms with Gasteiger partial charge in [0.2, 0.25) is 0 Å². The van der Waals surface area contributed by atoms with Crippen LogP contribution in [0.5, 0.6) is 5.75 Å². The molecule has 114 valence electrons. The van der Waals surface area contributed by atoms with E-state index in [1.807, 2.05) is 16.8 Å². The highest BCUT2D eigenvalue weighted by Crippen LogP contribution is 2.28. The summed E-state index contributed by atoms with van der Waals surface area (Å²) in [6, 6.07) is 5.98. The van der Waals surface area contributed by atoms with E-state index >= 15 is 0 Å². The zero-order valence-corrected chi connectivity index (χ0v) is 13.3. The SMILES string of the molecule is CCNC(c1ncccc1OC)c1cc(CC)nn1CC. The largest absolute Gasteiger partial charge is 0.495 e. The molecule has 2 rings (SSSR count). The van der Waals surface area contributed by atoms with Crippen molar-refractivity contribution in [2.45, 2.75) is 39.8 Å². The molecule has 5 heteroatoms. The Morgan fingerprint density at radius 1 is 1.33 bits per heavy atom. The van der Waals surface area contributed by atoms with Crippen LogP contribution >= 0.6 is 0 Å². The van der Waals surface area contributed by atoms with Gasteiger partial charge in [-0.2, -0.15) is 5.10 Å². The van der Waals surface area contributed by atoms with E-state index in [-0.39, 0.29) is 6.04 Å². The average molecular weight is 288 g/mol. The lowest BCUT2D eigenvalue weighted by Crippen LogP contribution is -2.26. The van der Waals surface area contributed by atoms with Crippen LogP contribution in [-0.4, -0.2) is 28.4 Å². The summed E-state index contributed by atoms with van der Waals surface area (Å²) in [5, 5.41) is 8.14. The van der Waals surface area contributed by atoms with E-state index in [0.29, 0.717) is 0 Å². The summed E-state index contributed by atoms with van der Waals surface area (Å²) < 4.78 is 7.51. The van der Waals surface area contributed by atoms with Gasteiger partial charge in [0.15, 0.2) is 0 Å². The predicted molar refractivity (Wildman–Crippen MR) is 83.6 cm³/mol. The molecule has 0 radical (unpaired) electrons. The van der Waals surface area contributed by atoms with Crippen molar-refractivity contribution in [1.82, 2.24) is 20.1 Å². The molecular weight excluding hydrogens is 264 g/mol. The molecule has 0 aliphatic rings. The molecule has 0 aromatic carbocycles. The van der Waals surface area contributed by atoms with Gasteiger partial charge in [0.05, 0.1) is 24.5 Å². The molecule has 2 aromatic heterocycles. The summed E-state index contributed by atoms with van der Waals surface area (Å²) in [7, 11) is 1.68. The number of aryl methyl sites for hydroxylation is 2. The lowest BCUT2D eigenvalue weighted by atomic mass is 10.1. The van der Waals surface area contributed by atoms with Gasteiger partial charge in [-0.25, -0.2) is 0 Å². The molecular formula is C16H24N4O. The van der Waals surface area contributed by atoms with Crippen LogP contribution in [0.25, 0.3) is 0 Å². The monoisotopic (exact) mass is 288 g/mol. The molecule has 2 aromatic rings. The Hall–Kier alpha value is -1.88. The standard InChI is InChI=1S/C16H24N4O/c1-5-12-11-13(20(7-3)19-12)15(17-6-2)16-14(21-4)9-8-10-18-16/h8-11,15,17H,5-7H2,1-4H3. The van der Waals surface area contributed by atoms with E-state index in [4.69, 9.17) is 4.74 Å². The molecule has 21 heavy (non-hydrogen) atoms. The normalized spacial score (nSPS) is 12.4. The van der Waals surface area contributed by atoms with Gasteiger partial charge in [0, 0.05) is 12.7 Å². The Morgan fingerprint density at radius 2 is 2.14 bits per heavy atom. The number of aromatic nitrogens is 3. The third-order valence-corrected chi connectivity index (χ3v) is 3.52. The van der Waals surface area contributed by atoms with Gasteiger partial charge >= 0.3 is 0 Å². The molecule has 0 saturated carbocycles. The third-order valence-electron chi connectivity index (χ3n) is 3.52. The molecule has 1 atom stereocenters. The zero-order chi connectivity index (χ0) is 15.2. The van der Waals surface area contributed by atoms with Gasteiger partial charge in [-0.05, 0) is 38.1 Å². The maximum Gasteiger partial charge on any atom is 0.142 e. The number of methoxy groups -OCH3 is 1. The first-order chi connectivity index (χ1) is 10.2. The number of pyridine rings is 1. The lowest BCUT2D eigenvalue weighted by molar-refractivity contribution is 0.397. The zero-order valence-electron chi connectivity index (χ0n) is 13.3. The first-order valence-corrected chi connectivity index (χ1v) is 7.53. The Labute approximate surface area is 126 Å². The Balaban J connectivity index is 2.50. The minimum absolute atomic E-state index is 0.0149. The van der Waals surface area contributed by atoms with Crippen LogP contribution in [0.1, 0.15) is 43.9 Å². The van der Waals surface area contributed by atoms with Crippen LogP contribution in [-0.2, 0) is 13.0 Å². The number of ether oxygens (including phenoxy) is 1. The predicted octanol–water partition coefficient (Wildman–Crippen LogP) is 2.57. The van der Waals surface area contributed by atoms with Crippen molar-refractivity contribution >= 4 is 0 Å². The summed E-state index contributed by atoms with van der Waals surface area (Å²) in [5.41, 5.74) is 3.14. The Kier molecular flexibility index (Phi) is 5.33. The van der Waals surface area contributed by atoms with Crippen LogP contribution in [0.3, 0.4) is 0 Å². The van der Waals surface area contributed by atoms with Gasteiger partial charge in [0.25, 0.3) is 0 Å². The summed E-state index contributed by atoms with van der Waals surface area (Å²) in [6.07, 6.45) is 2.73. The van der Waals surface area contributed by atoms with Gasteiger partial charge < -0.3 is 10.1 Å². The molecule has 0 spiro atoms. The number of nitrogens with one attached hydrogen (secondary N) is 1. The smallest absolute Gasteiger partial charge is 0.142 e. The molecule has 1 unspecified atom stereocenters. The third kappa shape index (κ3) is 3.24. The van der Waals surface area contributed by atoms with Gasteiger partial charge in [-0.15, -0.1) is 0 Å². The van der Waals surface area contributed by atoms with Crippen molar-refractivity contribution in [2.75, 3.05) is 13.7 Å². The second-order valence-electron chi connectivity index (χ2n) is 4.81. The summed E-state index contributed by atoms with van der Waals surface area (Å²) >= 11 is 0. The second kappa shape index (κ2) is 7.22. The van der Waals surface area contributed by atoms with Crippen molar-refractivity contribution in [2.24, 2.45) is 0 Å². The number of hydrogen-bond acceptors (Lipinski definition) is 4. The minimum atomic E-state index is -0.0149. The summed E-state index contributed by atoms with van der Waals surface area (Å²) in [5.74, 6) is 0.797. The topological polar surface area (TPSA) is 52.0 Å². The van der Waals surface area contributed by atoms with E-state index in [0.717, 1.165) is 42.3 Å². The average Bonchev–Trinajstić information content (AvgIpc) is 2.95. The van der Waals surface area contributed by atoms with E-state index in [2.05, 4.69) is 42.2 Å². The van der Waals surface area contributed by atoms with Crippen LogP contribution in [0.15, 0.2) is 24.4 Å². The first-order valence-electron chi connectivity index (χ1n) is 7.53. The van der Waals surface area contributed by atoms with Crippen LogP contribution < -0.4 is 10.1 Å². The fourth-order valence-corrected chi connectivity index (χ4v) is 2.48. The van der Waals surface area contributed by atoms with Crippen molar-refractivity contribution in [1.29, 1.82) is 0 Å². The Morgan fingerprint density at radius 3 is 2.76 bits per heavy atom. The van der Waals surface area contributed by atoms with Crippen LogP contribution in [0, 0.1) is 0 Å². The lowest BCUT2D eigenvalue weighted by Gasteiger charge is -2.20. The summed E-state index contributed by atoms with van der Waals surface area (Å²) in [4.78, 5) is 4.53. The minimum Gasteiger partial charge on any atom is -0.495 e. The van der Waals surface area contributed by atoms with Crippen LogP contribution in [0.4, 0.5) is 0 Å². The van der Waals surface area contributed by atoms with Crippen molar-refractivity contribution in [3.05, 3.63) is 41.5 Å². The fraction of sp³-hybridized carbons (Fsp3) is 0.500. The number of rotatable bonds is 7. The molecule has 0 bridgehead atoms. The highest BCUT2D eigenvalue weighted by Gasteiger charge is 2.23. The number of hydrogen-bond donors (Lipinski definition) is 1. The highest BCUT2D eigenvalue weighted by atomic mass is 16.5. The van der Waals surface area contributed by atoms with E-state index in [1.54, 1.807) is 13.3 Å². The van der Waals surface area contributed by atoms with Gasteiger partial charge in [-0.3, -0.25) is 9.67 Å². The molecule has 0 saturated heterocycles. The molecule has 0 aliphatic carbocycles. The van der Waals surface area contributed by atoms with Crippen molar-refractivity contribution in [3.63, 3.8) is 0 Å². The van der Waals surface area contributed by atoms with Gasteiger partial charge in [-0.1, -0.05) is 13.8 Å². The first kappa shape index (κ1) is 15.5. The Bertz CT molecular complexity index is 579. The molecule has 0 amide bonds. The molecule has 0 fully saturated rings. The van der Waals surface area contributed by atoms with Crippen LogP contribution in [0.2, 0.25) is 0 Å². The molecule has 0 aliphatic heterocycles. The second-order valence-corrected chi connectivity index (χ2v) is 4.81. The highest BCUT2D eigenvalue weighted by molar-refractivity contribution is 5.35. The maximum absolute atomic E-state index is 5.47. The molecule has 1 N–H and O–H groups in total. The van der Waals surface area contributed by atoms with Crippen molar-refractivity contribution < 1.29 is 4.74 Å². The van der Waals surface area contributed by atoms with E-state index in [1.165, 1.54) is 0 Å². The molecule has 2 heterocycles. The van der Waals surface area contributed by atoms with Crippen molar-refractivity contribution in [3.8, 4) is 5.75 Å². The van der Waals surface area contributed by atoms with E-state index in [9.17, 15) is 0 Å². The van der Waals surface area contributed by atoms with E-state index < -0.39 is 0 Å². The quantitative estimate of drug-likeness (QED) is 0.851. The summed E-state index contributed by atoms with van der Waals surface area (Å²) in [6.45, 7) is 8.01. The fourth-order valence-electron chi connectivity index (χ4n) is 2.48. The maximum atomic E-state index is 5.47. The molecule has 5 nitrogen and oxygen atoms in total. The number of nitrogens with zero attached hydrogens (tertiary/aromatic N) is 3.